The minimum absolute atomic E-state index is 0.0706. The van der Waals surface area contributed by atoms with Gasteiger partial charge in [-0.15, -0.1) is 0 Å². The number of sulfonamides is 1. The lowest BCUT2D eigenvalue weighted by Gasteiger charge is -2.39. The van der Waals surface area contributed by atoms with Gasteiger partial charge >= 0.3 is 5.97 Å². The zero-order valence-corrected chi connectivity index (χ0v) is 14.4. The standard InChI is InChI=1S/C16H23NO5S/c1-15(2,14(18)19)12-5-7-13(8-6-12)17-23(20,21)11-16(22-3)9-4-10-16/h5-8,17H,4,9-11H2,1-3H3,(H,18,19). The lowest BCUT2D eigenvalue weighted by Crippen LogP contribution is -2.46. The van der Waals surface area contributed by atoms with Crippen LogP contribution in [0.5, 0.6) is 0 Å². The van der Waals surface area contributed by atoms with Crippen LogP contribution in [0, 0.1) is 0 Å². The number of anilines is 1. The molecule has 0 radical (unpaired) electrons. The van der Waals surface area contributed by atoms with Crippen molar-refractivity contribution in [2.24, 2.45) is 0 Å². The molecule has 0 amide bonds. The zero-order valence-electron chi connectivity index (χ0n) is 13.6. The van der Waals surface area contributed by atoms with Gasteiger partial charge in [-0.05, 0) is 50.8 Å². The number of ether oxygens (including phenoxy) is 1. The van der Waals surface area contributed by atoms with Crippen LogP contribution >= 0.6 is 0 Å². The SMILES string of the molecule is COC1(CS(=O)(=O)Nc2ccc(C(C)(C)C(=O)O)cc2)CCC1. The summed E-state index contributed by atoms with van der Waals surface area (Å²) in [5.74, 6) is -1.00. The summed E-state index contributed by atoms with van der Waals surface area (Å²) in [4.78, 5) is 11.2. The summed E-state index contributed by atoms with van der Waals surface area (Å²) in [7, 11) is -1.98. The van der Waals surface area contributed by atoms with Crippen LogP contribution in [0.25, 0.3) is 0 Å². The first-order valence-electron chi connectivity index (χ1n) is 7.50. The smallest absolute Gasteiger partial charge is 0.313 e. The molecule has 0 spiro atoms. The average Bonchev–Trinajstić information content (AvgIpc) is 2.43. The Morgan fingerprint density at radius 1 is 1.30 bits per heavy atom. The van der Waals surface area contributed by atoms with Gasteiger partial charge < -0.3 is 9.84 Å². The molecular weight excluding hydrogens is 318 g/mol. The molecule has 1 aliphatic rings. The van der Waals surface area contributed by atoms with Crippen LogP contribution in [0.1, 0.15) is 38.7 Å². The second-order valence-electron chi connectivity index (χ2n) is 6.61. The molecule has 0 aromatic heterocycles. The van der Waals surface area contributed by atoms with Crippen LogP contribution in [0.15, 0.2) is 24.3 Å². The third-order valence-corrected chi connectivity index (χ3v) is 6.02. The van der Waals surface area contributed by atoms with Gasteiger partial charge in [-0.3, -0.25) is 9.52 Å². The van der Waals surface area contributed by atoms with Crippen LogP contribution < -0.4 is 4.72 Å². The quantitative estimate of drug-likeness (QED) is 0.794. The van der Waals surface area contributed by atoms with E-state index in [1.165, 1.54) is 7.11 Å². The maximum absolute atomic E-state index is 12.3. The molecule has 0 saturated heterocycles. The van der Waals surface area contributed by atoms with Gasteiger partial charge in [-0.25, -0.2) is 8.42 Å². The maximum atomic E-state index is 12.3. The minimum Gasteiger partial charge on any atom is -0.481 e. The molecule has 128 valence electrons. The number of carbonyl (C=O) groups is 1. The highest BCUT2D eigenvalue weighted by atomic mass is 32.2. The van der Waals surface area contributed by atoms with Crippen molar-refractivity contribution in [1.82, 2.24) is 0 Å². The Bertz CT molecular complexity index is 669. The van der Waals surface area contributed by atoms with Crippen LogP contribution in [0.2, 0.25) is 0 Å². The molecule has 1 saturated carbocycles. The van der Waals surface area contributed by atoms with E-state index in [-0.39, 0.29) is 5.75 Å². The summed E-state index contributed by atoms with van der Waals surface area (Å²) >= 11 is 0. The van der Waals surface area contributed by atoms with E-state index >= 15 is 0 Å². The highest BCUT2D eigenvalue weighted by Gasteiger charge is 2.41. The topological polar surface area (TPSA) is 92.7 Å². The molecule has 0 aliphatic heterocycles. The van der Waals surface area contributed by atoms with E-state index < -0.39 is 27.0 Å². The number of nitrogens with one attached hydrogen (secondary N) is 1. The van der Waals surface area contributed by atoms with Crippen molar-refractivity contribution < 1.29 is 23.1 Å². The van der Waals surface area contributed by atoms with Crippen molar-refractivity contribution in [2.45, 2.75) is 44.1 Å². The number of aliphatic carboxylic acids is 1. The number of carboxylic acid groups (broad SMARTS) is 1. The largest absolute Gasteiger partial charge is 0.481 e. The van der Waals surface area contributed by atoms with Gasteiger partial charge in [0.2, 0.25) is 10.0 Å². The van der Waals surface area contributed by atoms with Gasteiger partial charge in [0, 0.05) is 12.8 Å². The molecule has 1 aliphatic carbocycles. The second kappa shape index (κ2) is 6.13. The van der Waals surface area contributed by atoms with E-state index in [0.29, 0.717) is 11.3 Å². The number of carboxylic acids is 1. The summed E-state index contributed by atoms with van der Waals surface area (Å²) in [6.45, 7) is 3.21. The van der Waals surface area contributed by atoms with Crippen LogP contribution in [0.4, 0.5) is 5.69 Å². The maximum Gasteiger partial charge on any atom is 0.313 e. The molecule has 1 aromatic rings. The lowest BCUT2D eigenvalue weighted by atomic mass is 9.82. The fourth-order valence-corrected chi connectivity index (χ4v) is 4.29. The van der Waals surface area contributed by atoms with Crippen LogP contribution in [-0.4, -0.2) is 38.0 Å². The third-order valence-electron chi connectivity index (χ3n) is 4.57. The van der Waals surface area contributed by atoms with Gasteiger partial charge in [0.1, 0.15) is 0 Å². The molecule has 0 atom stereocenters. The van der Waals surface area contributed by atoms with Gasteiger partial charge in [0.15, 0.2) is 0 Å². The molecule has 23 heavy (non-hydrogen) atoms. The summed E-state index contributed by atoms with van der Waals surface area (Å²) in [5, 5.41) is 9.21. The summed E-state index contributed by atoms with van der Waals surface area (Å²) in [6.07, 6.45) is 2.47. The molecule has 6 nitrogen and oxygen atoms in total. The predicted octanol–water partition coefficient (Wildman–Crippen LogP) is 2.36. The molecule has 2 N–H and O–H groups in total. The number of methoxy groups -OCH3 is 1. The number of hydrogen-bond donors (Lipinski definition) is 2. The number of hydrogen-bond acceptors (Lipinski definition) is 4. The molecule has 2 rings (SSSR count). The van der Waals surface area contributed by atoms with Gasteiger partial charge in [-0.2, -0.15) is 0 Å². The van der Waals surface area contributed by atoms with Crippen molar-refractivity contribution in [1.29, 1.82) is 0 Å². The van der Waals surface area contributed by atoms with Crippen LogP contribution in [0.3, 0.4) is 0 Å². The Morgan fingerprint density at radius 3 is 2.26 bits per heavy atom. The van der Waals surface area contributed by atoms with Crippen LogP contribution in [-0.2, 0) is 25.0 Å². The summed E-state index contributed by atoms with van der Waals surface area (Å²) in [6, 6.07) is 6.42. The highest BCUT2D eigenvalue weighted by molar-refractivity contribution is 7.92. The van der Waals surface area contributed by atoms with Gasteiger partial charge in [0.25, 0.3) is 0 Å². The van der Waals surface area contributed by atoms with Crippen molar-refractivity contribution >= 4 is 21.7 Å². The van der Waals surface area contributed by atoms with E-state index in [9.17, 15) is 18.3 Å². The Labute approximate surface area is 136 Å². The highest BCUT2D eigenvalue weighted by Crippen LogP contribution is 2.36. The second-order valence-corrected chi connectivity index (χ2v) is 8.33. The first-order valence-corrected chi connectivity index (χ1v) is 9.15. The molecule has 0 bridgehead atoms. The Balaban J connectivity index is 2.10. The fraction of sp³-hybridized carbons (Fsp3) is 0.562. The van der Waals surface area contributed by atoms with Crippen molar-refractivity contribution in [3.05, 3.63) is 29.8 Å². The number of benzene rings is 1. The van der Waals surface area contributed by atoms with Gasteiger partial charge in [0.05, 0.1) is 16.8 Å². The Kier molecular flexibility index (Phi) is 4.73. The molecule has 7 heteroatoms. The first kappa shape index (κ1) is 17.7. The fourth-order valence-electron chi connectivity index (χ4n) is 2.62. The molecular formula is C16H23NO5S. The van der Waals surface area contributed by atoms with Crippen molar-refractivity contribution in [2.75, 3.05) is 17.6 Å². The minimum atomic E-state index is -3.52. The van der Waals surface area contributed by atoms with Crippen molar-refractivity contribution in [3.63, 3.8) is 0 Å². The molecule has 1 aromatic carbocycles. The summed E-state index contributed by atoms with van der Waals surface area (Å²) < 4.78 is 32.4. The van der Waals surface area contributed by atoms with E-state index in [4.69, 9.17) is 4.74 Å². The first-order chi connectivity index (χ1) is 10.6. The summed E-state index contributed by atoms with van der Waals surface area (Å²) in [5.41, 5.74) is -0.568. The predicted molar refractivity (Wildman–Crippen MR) is 88.1 cm³/mol. The number of rotatable bonds is 7. The molecule has 0 unspecified atom stereocenters. The average molecular weight is 341 g/mol. The monoisotopic (exact) mass is 341 g/mol. The Morgan fingerprint density at radius 2 is 1.87 bits per heavy atom. The van der Waals surface area contributed by atoms with E-state index in [2.05, 4.69) is 4.72 Å². The lowest BCUT2D eigenvalue weighted by molar-refractivity contribution is -0.142. The zero-order chi connectivity index (χ0) is 17.3. The molecule has 0 heterocycles. The van der Waals surface area contributed by atoms with Gasteiger partial charge in [-0.1, -0.05) is 12.1 Å². The van der Waals surface area contributed by atoms with E-state index in [0.717, 1.165) is 19.3 Å². The van der Waals surface area contributed by atoms with E-state index in [1.807, 2.05) is 0 Å². The Hall–Kier alpha value is -1.60. The third kappa shape index (κ3) is 3.84. The van der Waals surface area contributed by atoms with Crippen molar-refractivity contribution in [3.8, 4) is 0 Å². The molecule has 1 fully saturated rings. The van der Waals surface area contributed by atoms with E-state index in [1.54, 1.807) is 38.1 Å². The normalized spacial score (nSPS) is 17.3.